The first kappa shape index (κ1) is 16.6. The molecule has 0 saturated heterocycles. The predicted molar refractivity (Wildman–Crippen MR) is 94.0 cm³/mol. The molecule has 0 aliphatic heterocycles. The lowest BCUT2D eigenvalue weighted by atomic mass is 10.1. The first-order chi connectivity index (χ1) is 10.6. The van der Waals surface area contributed by atoms with E-state index in [9.17, 15) is 4.79 Å². The van der Waals surface area contributed by atoms with Gasteiger partial charge in [-0.1, -0.05) is 43.3 Å². The average Bonchev–Trinajstić information content (AvgIpc) is 2.54. The fourth-order valence-electron chi connectivity index (χ4n) is 2.09. The molecule has 22 heavy (non-hydrogen) atoms. The van der Waals surface area contributed by atoms with Crippen LogP contribution in [0.5, 0.6) is 0 Å². The summed E-state index contributed by atoms with van der Waals surface area (Å²) in [6.45, 7) is 2.17. The highest BCUT2D eigenvalue weighted by atomic mass is 32.2. The normalized spacial score (nSPS) is 13.4. The van der Waals surface area contributed by atoms with Gasteiger partial charge in [-0.05, 0) is 37.1 Å². The molecule has 0 bridgehead atoms. The molecule has 2 atom stereocenters. The Labute approximate surface area is 136 Å². The van der Waals surface area contributed by atoms with Gasteiger partial charge < -0.3 is 11.1 Å². The molecule has 2 rings (SSSR count). The van der Waals surface area contributed by atoms with Crippen LogP contribution in [0.1, 0.15) is 19.8 Å². The second-order valence-corrected chi connectivity index (χ2v) is 6.79. The molecule has 0 saturated carbocycles. The van der Waals surface area contributed by atoms with Crippen molar-refractivity contribution in [3.05, 3.63) is 60.7 Å². The number of rotatable bonds is 7. The zero-order valence-electron chi connectivity index (χ0n) is 12.7. The van der Waals surface area contributed by atoms with Crippen LogP contribution >= 0.6 is 11.8 Å². The molecular weight excluding hydrogens is 292 g/mol. The molecule has 0 fully saturated rings. The maximum absolute atomic E-state index is 12.0. The van der Waals surface area contributed by atoms with E-state index in [1.165, 1.54) is 4.90 Å². The molecular formula is C18H22N2OS. The van der Waals surface area contributed by atoms with E-state index in [-0.39, 0.29) is 5.91 Å². The van der Waals surface area contributed by atoms with E-state index in [1.54, 1.807) is 0 Å². The minimum absolute atomic E-state index is 0.122. The number of hydrogen-bond acceptors (Lipinski definition) is 3. The fourth-order valence-corrected chi connectivity index (χ4v) is 3.12. The minimum Gasteiger partial charge on any atom is -0.325 e. The SMILES string of the molecule is CC(CCC(N)C(=O)Nc1ccccc1)Sc1ccccc1. The van der Waals surface area contributed by atoms with E-state index >= 15 is 0 Å². The van der Waals surface area contributed by atoms with Gasteiger partial charge >= 0.3 is 0 Å². The smallest absolute Gasteiger partial charge is 0.241 e. The summed E-state index contributed by atoms with van der Waals surface area (Å²) in [5.41, 5.74) is 6.77. The fraction of sp³-hybridized carbons (Fsp3) is 0.278. The molecule has 0 spiro atoms. The van der Waals surface area contributed by atoms with Crippen molar-refractivity contribution < 1.29 is 4.79 Å². The molecule has 1 amide bonds. The van der Waals surface area contributed by atoms with Gasteiger partial charge in [-0.3, -0.25) is 4.79 Å². The van der Waals surface area contributed by atoms with Crippen molar-refractivity contribution in [2.75, 3.05) is 5.32 Å². The number of hydrogen-bond donors (Lipinski definition) is 2. The number of amides is 1. The number of anilines is 1. The Morgan fingerprint density at radius 3 is 2.27 bits per heavy atom. The molecule has 3 nitrogen and oxygen atoms in total. The summed E-state index contributed by atoms with van der Waals surface area (Å²) >= 11 is 1.81. The number of nitrogens with one attached hydrogen (secondary N) is 1. The molecule has 2 unspecified atom stereocenters. The number of carbonyl (C=O) groups is 1. The van der Waals surface area contributed by atoms with Gasteiger partial charge in [-0.15, -0.1) is 11.8 Å². The van der Waals surface area contributed by atoms with Crippen molar-refractivity contribution in [3.63, 3.8) is 0 Å². The minimum atomic E-state index is -0.473. The van der Waals surface area contributed by atoms with Crippen LogP contribution in [0.25, 0.3) is 0 Å². The van der Waals surface area contributed by atoms with Crippen LogP contribution in [0.2, 0.25) is 0 Å². The van der Waals surface area contributed by atoms with E-state index in [2.05, 4.69) is 24.4 Å². The van der Waals surface area contributed by atoms with Gasteiger partial charge in [0.2, 0.25) is 5.91 Å². The molecule has 0 aliphatic carbocycles. The average molecular weight is 314 g/mol. The van der Waals surface area contributed by atoms with Gasteiger partial charge in [-0.25, -0.2) is 0 Å². The maximum Gasteiger partial charge on any atom is 0.241 e. The third kappa shape index (κ3) is 5.54. The second-order valence-electron chi connectivity index (χ2n) is 5.28. The molecule has 0 radical (unpaired) electrons. The van der Waals surface area contributed by atoms with Gasteiger partial charge in [0.25, 0.3) is 0 Å². The highest BCUT2D eigenvalue weighted by Gasteiger charge is 2.15. The Bertz CT molecular complexity index is 574. The highest BCUT2D eigenvalue weighted by Crippen LogP contribution is 2.25. The van der Waals surface area contributed by atoms with Crippen LogP contribution < -0.4 is 11.1 Å². The highest BCUT2D eigenvalue weighted by molar-refractivity contribution is 7.99. The van der Waals surface area contributed by atoms with Crippen LogP contribution in [-0.4, -0.2) is 17.2 Å². The lowest BCUT2D eigenvalue weighted by Crippen LogP contribution is -2.36. The molecule has 0 heterocycles. The molecule has 116 valence electrons. The third-order valence-corrected chi connectivity index (χ3v) is 4.53. The van der Waals surface area contributed by atoms with E-state index in [0.717, 1.165) is 12.1 Å². The van der Waals surface area contributed by atoms with Gasteiger partial charge in [0, 0.05) is 15.8 Å². The number of carbonyl (C=O) groups excluding carboxylic acids is 1. The maximum atomic E-state index is 12.0. The Morgan fingerprint density at radius 2 is 1.64 bits per heavy atom. The summed E-state index contributed by atoms with van der Waals surface area (Å²) in [6.07, 6.45) is 1.59. The van der Waals surface area contributed by atoms with Crippen LogP contribution in [0, 0.1) is 0 Å². The summed E-state index contributed by atoms with van der Waals surface area (Å²) in [7, 11) is 0. The van der Waals surface area contributed by atoms with Crippen molar-refractivity contribution in [1.29, 1.82) is 0 Å². The van der Waals surface area contributed by atoms with E-state index in [4.69, 9.17) is 5.73 Å². The van der Waals surface area contributed by atoms with Crippen molar-refractivity contribution in [2.45, 2.75) is 36.0 Å². The largest absolute Gasteiger partial charge is 0.325 e. The number of para-hydroxylation sites is 1. The van der Waals surface area contributed by atoms with Crippen molar-refractivity contribution in [3.8, 4) is 0 Å². The third-order valence-electron chi connectivity index (χ3n) is 3.34. The zero-order valence-corrected chi connectivity index (χ0v) is 13.6. The monoisotopic (exact) mass is 314 g/mol. The quantitative estimate of drug-likeness (QED) is 0.762. The van der Waals surface area contributed by atoms with Crippen molar-refractivity contribution in [1.82, 2.24) is 0 Å². The first-order valence-electron chi connectivity index (χ1n) is 7.48. The van der Waals surface area contributed by atoms with Crippen molar-refractivity contribution >= 4 is 23.4 Å². The predicted octanol–water partition coefficient (Wildman–Crippen LogP) is 3.91. The summed E-state index contributed by atoms with van der Waals surface area (Å²) in [5, 5.41) is 3.27. The van der Waals surface area contributed by atoms with Gasteiger partial charge in [0.1, 0.15) is 0 Å². The van der Waals surface area contributed by atoms with Gasteiger partial charge in [0.15, 0.2) is 0 Å². The van der Waals surface area contributed by atoms with Crippen LogP contribution in [0.3, 0.4) is 0 Å². The van der Waals surface area contributed by atoms with E-state index < -0.39 is 6.04 Å². The van der Waals surface area contributed by atoms with Crippen LogP contribution in [-0.2, 0) is 4.79 Å². The lowest BCUT2D eigenvalue weighted by molar-refractivity contribution is -0.117. The molecule has 2 aromatic rings. The van der Waals surface area contributed by atoms with E-state index in [0.29, 0.717) is 11.7 Å². The number of thioether (sulfide) groups is 1. The zero-order chi connectivity index (χ0) is 15.8. The molecule has 0 aromatic heterocycles. The van der Waals surface area contributed by atoms with Crippen LogP contribution in [0.15, 0.2) is 65.6 Å². The number of benzene rings is 2. The Kier molecular flexibility index (Phi) is 6.49. The summed E-state index contributed by atoms with van der Waals surface area (Å²) in [6, 6.07) is 19.2. The van der Waals surface area contributed by atoms with Crippen LogP contribution in [0.4, 0.5) is 5.69 Å². The standard InChI is InChI=1S/C18H22N2OS/c1-14(22-16-10-6-3-7-11-16)12-13-17(19)18(21)20-15-8-4-2-5-9-15/h2-11,14,17H,12-13,19H2,1H3,(H,20,21). The first-order valence-corrected chi connectivity index (χ1v) is 8.36. The lowest BCUT2D eigenvalue weighted by Gasteiger charge is -2.15. The Morgan fingerprint density at radius 1 is 1.05 bits per heavy atom. The van der Waals surface area contributed by atoms with E-state index in [1.807, 2.05) is 60.3 Å². The summed E-state index contributed by atoms with van der Waals surface area (Å²) in [4.78, 5) is 13.3. The van der Waals surface area contributed by atoms with Gasteiger partial charge in [-0.2, -0.15) is 0 Å². The molecule has 0 aliphatic rings. The van der Waals surface area contributed by atoms with Gasteiger partial charge in [0.05, 0.1) is 6.04 Å². The topological polar surface area (TPSA) is 55.1 Å². The summed E-state index contributed by atoms with van der Waals surface area (Å²) < 4.78 is 0. The number of nitrogens with two attached hydrogens (primary N) is 1. The Balaban J connectivity index is 1.74. The molecule has 2 aromatic carbocycles. The van der Waals surface area contributed by atoms with Crippen molar-refractivity contribution in [2.24, 2.45) is 5.73 Å². The molecule has 4 heteroatoms. The summed E-state index contributed by atoms with van der Waals surface area (Å²) in [5.74, 6) is -0.122. The Hall–Kier alpha value is -1.78. The second kappa shape index (κ2) is 8.61. The molecule has 3 N–H and O–H groups in total.